The first kappa shape index (κ1) is 31.7. The van der Waals surface area contributed by atoms with E-state index >= 15 is 0 Å². The maximum Gasteiger partial charge on any atom is 0.265 e. The second kappa shape index (κ2) is 13.4. The van der Waals surface area contributed by atoms with E-state index in [1.165, 1.54) is 57.9 Å². The highest BCUT2D eigenvalue weighted by Gasteiger charge is 2.30. The number of ether oxygens (including phenoxy) is 3. The normalized spacial score (nSPS) is 11.4. The van der Waals surface area contributed by atoms with E-state index in [0.29, 0.717) is 10.8 Å². The first-order valence-corrected chi connectivity index (χ1v) is 15.1. The highest BCUT2D eigenvalue weighted by atomic mass is 35.5. The van der Waals surface area contributed by atoms with Gasteiger partial charge in [-0.3, -0.25) is 9.10 Å². The number of benzene rings is 3. The number of rotatable bonds is 11. The third-order valence-corrected chi connectivity index (χ3v) is 8.91. The van der Waals surface area contributed by atoms with E-state index in [9.17, 15) is 13.2 Å². The zero-order valence-electron chi connectivity index (χ0n) is 24.1. The summed E-state index contributed by atoms with van der Waals surface area (Å²) < 4.78 is 46.7. The van der Waals surface area contributed by atoms with Gasteiger partial charge in [0.15, 0.2) is 11.5 Å². The fourth-order valence-electron chi connectivity index (χ4n) is 4.52. The van der Waals surface area contributed by atoms with Crippen LogP contribution in [0.15, 0.2) is 76.7 Å². The molecule has 1 aromatic heterocycles. The van der Waals surface area contributed by atoms with Crippen molar-refractivity contribution in [2.75, 3.05) is 32.2 Å². The number of anilines is 1. The summed E-state index contributed by atoms with van der Waals surface area (Å²) in [5.74, 6) is 0.0262. The van der Waals surface area contributed by atoms with Gasteiger partial charge in [-0.2, -0.15) is 5.10 Å². The zero-order chi connectivity index (χ0) is 31.3. The summed E-state index contributed by atoms with van der Waals surface area (Å²) in [4.78, 5) is 13.0. The minimum atomic E-state index is -4.35. The minimum Gasteiger partial charge on any atom is -0.495 e. The van der Waals surface area contributed by atoms with Gasteiger partial charge >= 0.3 is 0 Å². The Morgan fingerprint density at radius 2 is 1.60 bits per heavy atom. The molecule has 1 heterocycles. The molecule has 0 radical (unpaired) electrons. The summed E-state index contributed by atoms with van der Waals surface area (Å²) in [6.07, 6.45) is 1.49. The molecule has 0 aliphatic rings. The highest BCUT2D eigenvalue weighted by molar-refractivity contribution is 7.92. The average molecular weight is 646 g/mol. The smallest absolute Gasteiger partial charge is 0.265 e. The Morgan fingerprint density at radius 3 is 2.28 bits per heavy atom. The number of aryl methyl sites for hydroxylation is 1. The number of carbonyl (C=O) groups excluding carboxylic acids is 1. The molecular weight excluding hydrogens is 615 g/mol. The number of methoxy groups -OCH3 is 3. The fourth-order valence-corrected chi connectivity index (χ4v) is 6.35. The molecule has 0 unspecified atom stereocenters. The second-order valence-electron chi connectivity index (χ2n) is 9.25. The van der Waals surface area contributed by atoms with Crippen LogP contribution in [0.25, 0.3) is 5.69 Å². The van der Waals surface area contributed by atoms with Crippen LogP contribution in [0, 0.1) is 13.8 Å². The number of hydrogen-bond donors (Lipinski definition) is 1. The molecule has 0 fully saturated rings. The quantitative estimate of drug-likeness (QED) is 0.164. The lowest BCUT2D eigenvalue weighted by Gasteiger charge is -2.25. The van der Waals surface area contributed by atoms with Crippen molar-refractivity contribution in [2.45, 2.75) is 18.7 Å². The first-order chi connectivity index (χ1) is 20.5. The largest absolute Gasteiger partial charge is 0.495 e. The van der Waals surface area contributed by atoms with E-state index in [1.807, 2.05) is 42.7 Å². The number of aromatic nitrogens is 1. The predicted octanol–water partition coefficient (Wildman–Crippen LogP) is 5.77. The molecule has 10 nitrogen and oxygen atoms in total. The van der Waals surface area contributed by atoms with Crippen molar-refractivity contribution < 1.29 is 27.4 Å². The molecule has 1 amide bonds. The SMILES string of the molecule is COc1ccc(S(=O)(=O)N(CC(=O)N/N=C\c2cc(C)n(-c3ccccc3Cl)c2C)c2cc(Cl)ccc2OC)cc1OC. The van der Waals surface area contributed by atoms with Crippen molar-refractivity contribution in [3.63, 3.8) is 0 Å². The Labute approximate surface area is 260 Å². The monoisotopic (exact) mass is 644 g/mol. The second-order valence-corrected chi connectivity index (χ2v) is 12.0. The van der Waals surface area contributed by atoms with Crippen LogP contribution in [0.4, 0.5) is 5.69 Å². The van der Waals surface area contributed by atoms with E-state index in [0.717, 1.165) is 26.9 Å². The Balaban J connectivity index is 1.65. The number of amides is 1. The van der Waals surface area contributed by atoms with Crippen LogP contribution in [0.5, 0.6) is 17.2 Å². The molecule has 3 aromatic carbocycles. The first-order valence-electron chi connectivity index (χ1n) is 12.9. The summed E-state index contributed by atoms with van der Waals surface area (Å²) in [6, 6.07) is 17.9. The van der Waals surface area contributed by atoms with Crippen molar-refractivity contribution in [2.24, 2.45) is 5.10 Å². The number of nitrogens with one attached hydrogen (secondary N) is 1. The van der Waals surface area contributed by atoms with E-state index in [2.05, 4.69) is 10.5 Å². The van der Waals surface area contributed by atoms with Crippen LogP contribution < -0.4 is 23.9 Å². The molecule has 0 spiro atoms. The van der Waals surface area contributed by atoms with Crippen molar-refractivity contribution in [1.82, 2.24) is 9.99 Å². The van der Waals surface area contributed by atoms with Crippen LogP contribution in [0.3, 0.4) is 0 Å². The molecule has 1 N–H and O–H groups in total. The van der Waals surface area contributed by atoms with Crippen LogP contribution >= 0.6 is 23.2 Å². The molecule has 43 heavy (non-hydrogen) atoms. The number of sulfonamides is 1. The Morgan fingerprint density at radius 1 is 0.930 bits per heavy atom. The van der Waals surface area contributed by atoms with Crippen molar-refractivity contribution in [1.29, 1.82) is 0 Å². The van der Waals surface area contributed by atoms with Gasteiger partial charge < -0.3 is 18.8 Å². The van der Waals surface area contributed by atoms with Gasteiger partial charge in [-0.25, -0.2) is 13.8 Å². The third-order valence-electron chi connectivity index (χ3n) is 6.60. The number of halogens is 2. The predicted molar refractivity (Wildman–Crippen MR) is 168 cm³/mol. The van der Waals surface area contributed by atoms with Gasteiger partial charge in [-0.1, -0.05) is 35.3 Å². The molecule has 13 heteroatoms. The number of hydrazone groups is 1. The summed E-state index contributed by atoms with van der Waals surface area (Å²) in [7, 11) is -0.129. The Kier molecular flexibility index (Phi) is 9.90. The molecule has 0 aliphatic carbocycles. The molecule has 226 valence electrons. The molecule has 4 rings (SSSR count). The molecule has 4 aromatic rings. The summed E-state index contributed by atoms with van der Waals surface area (Å²) in [6.45, 7) is 3.20. The molecule has 0 bridgehead atoms. The summed E-state index contributed by atoms with van der Waals surface area (Å²) in [5, 5.41) is 4.94. The van der Waals surface area contributed by atoms with Gasteiger partial charge in [0.25, 0.3) is 15.9 Å². The van der Waals surface area contributed by atoms with Crippen molar-refractivity contribution in [3.05, 3.63) is 93.7 Å². The van der Waals surface area contributed by atoms with Crippen LogP contribution in [-0.4, -0.2) is 53.0 Å². The van der Waals surface area contributed by atoms with Gasteiger partial charge in [-0.15, -0.1) is 0 Å². The average Bonchev–Trinajstić information content (AvgIpc) is 3.27. The summed E-state index contributed by atoms with van der Waals surface area (Å²) >= 11 is 12.6. The maximum absolute atomic E-state index is 14.0. The number of nitrogens with zero attached hydrogens (tertiary/aromatic N) is 3. The van der Waals surface area contributed by atoms with Gasteiger partial charge in [0, 0.05) is 28.0 Å². The molecule has 0 saturated heterocycles. The zero-order valence-corrected chi connectivity index (χ0v) is 26.4. The Bertz CT molecular complexity index is 1790. The lowest BCUT2D eigenvalue weighted by Crippen LogP contribution is -2.39. The number of hydrogen-bond acceptors (Lipinski definition) is 7. The van der Waals surface area contributed by atoms with Crippen molar-refractivity contribution >= 4 is 51.0 Å². The lowest BCUT2D eigenvalue weighted by atomic mass is 10.2. The van der Waals surface area contributed by atoms with Crippen LogP contribution in [0.2, 0.25) is 10.0 Å². The van der Waals surface area contributed by atoms with Gasteiger partial charge in [0.05, 0.1) is 48.8 Å². The van der Waals surface area contributed by atoms with E-state index in [-0.39, 0.29) is 27.1 Å². The van der Waals surface area contributed by atoms with E-state index in [4.69, 9.17) is 37.4 Å². The molecular formula is C30H30Cl2N4O6S. The maximum atomic E-state index is 14.0. The standard InChI is InChI=1S/C30H30Cl2N4O6S/c1-19-14-21(20(2)36(19)25-9-7-6-8-24(25)32)17-33-34-30(37)18-35(26-15-22(31)10-12-27(26)40-3)43(38,39)23-11-13-28(41-4)29(16-23)42-5/h6-17H,18H2,1-5H3,(H,34,37)/b33-17-. The van der Waals surface area contributed by atoms with E-state index in [1.54, 1.807) is 12.1 Å². The van der Waals surface area contributed by atoms with Crippen LogP contribution in [-0.2, 0) is 14.8 Å². The minimum absolute atomic E-state index is 0.0622. The number of carbonyl (C=O) groups is 1. The van der Waals surface area contributed by atoms with E-state index < -0.39 is 22.5 Å². The van der Waals surface area contributed by atoms with Crippen molar-refractivity contribution in [3.8, 4) is 22.9 Å². The highest BCUT2D eigenvalue weighted by Crippen LogP contribution is 2.37. The van der Waals surface area contributed by atoms with Gasteiger partial charge in [0.1, 0.15) is 12.3 Å². The molecule has 0 aliphatic heterocycles. The fraction of sp³-hybridized carbons (Fsp3) is 0.200. The topological polar surface area (TPSA) is 111 Å². The Hall–Kier alpha value is -4.19. The van der Waals surface area contributed by atoms with Gasteiger partial charge in [0.2, 0.25) is 0 Å². The molecule has 0 atom stereocenters. The lowest BCUT2D eigenvalue weighted by molar-refractivity contribution is -0.119. The molecule has 0 saturated carbocycles. The summed E-state index contributed by atoms with van der Waals surface area (Å²) in [5.41, 5.74) is 5.81. The van der Waals surface area contributed by atoms with Crippen LogP contribution in [0.1, 0.15) is 17.0 Å². The van der Waals surface area contributed by atoms with Gasteiger partial charge in [-0.05, 0) is 62.4 Å². The third kappa shape index (κ3) is 6.74. The number of para-hydroxylation sites is 1.